The van der Waals surface area contributed by atoms with E-state index in [4.69, 9.17) is 10.7 Å². The van der Waals surface area contributed by atoms with Crippen molar-refractivity contribution in [2.45, 2.75) is 31.7 Å². The Morgan fingerprint density at radius 3 is 2.95 bits per heavy atom. The largest absolute Gasteiger partial charge is 0.339 e. The first kappa shape index (κ1) is 12.5. The van der Waals surface area contributed by atoms with E-state index < -0.39 is 0 Å². The zero-order valence-corrected chi connectivity index (χ0v) is 11.5. The highest BCUT2D eigenvalue weighted by atomic mass is 15.3. The van der Waals surface area contributed by atoms with Gasteiger partial charge >= 0.3 is 0 Å². The molecule has 19 heavy (non-hydrogen) atoms. The van der Waals surface area contributed by atoms with Crippen LogP contribution in [0, 0.1) is 0 Å². The number of aromatic nitrogens is 2. The Kier molecular flexibility index (Phi) is 3.42. The first-order valence-electron chi connectivity index (χ1n) is 7.19. The Morgan fingerprint density at radius 1 is 1.32 bits per heavy atom. The normalized spacial score (nSPS) is 20.1. The quantitative estimate of drug-likeness (QED) is 0.918. The SMILES string of the molecule is Cn1c(N2CCCCC2CCN)nc2ccccc21. The minimum atomic E-state index is 0.550. The average molecular weight is 258 g/mol. The molecule has 1 atom stereocenters. The molecule has 2 N–H and O–H groups in total. The molecule has 0 bridgehead atoms. The highest BCUT2D eigenvalue weighted by molar-refractivity contribution is 5.78. The summed E-state index contributed by atoms with van der Waals surface area (Å²) in [6.45, 7) is 1.85. The van der Waals surface area contributed by atoms with Crippen molar-refractivity contribution >= 4 is 17.0 Å². The number of piperidine rings is 1. The van der Waals surface area contributed by atoms with E-state index in [1.54, 1.807) is 0 Å². The van der Waals surface area contributed by atoms with Crippen LogP contribution in [0.2, 0.25) is 0 Å². The molecule has 1 fully saturated rings. The lowest BCUT2D eigenvalue weighted by molar-refractivity contribution is 0.433. The molecule has 1 unspecified atom stereocenters. The molecule has 4 heteroatoms. The molecule has 3 rings (SSSR count). The van der Waals surface area contributed by atoms with E-state index in [1.165, 1.54) is 24.8 Å². The van der Waals surface area contributed by atoms with Crippen LogP contribution in [0.1, 0.15) is 25.7 Å². The number of imidazole rings is 1. The number of nitrogens with two attached hydrogens (primary N) is 1. The number of anilines is 1. The van der Waals surface area contributed by atoms with Crippen molar-refractivity contribution in [2.75, 3.05) is 18.0 Å². The number of benzene rings is 1. The minimum Gasteiger partial charge on any atom is -0.339 e. The van der Waals surface area contributed by atoms with Crippen molar-refractivity contribution < 1.29 is 0 Å². The summed E-state index contributed by atoms with van der Waals surface area (Å²) < 4.78 is 2.21. The Hall–Kier alpha value is -1.55. The average Bonchev–Trinajstić information content (AvgIpc) is 2.78. The summed E-state index contributed by atoms with van der Waals surface area (Å²) in [5.74, 6) is 1.10. The van der Waals surface area contributed by atoms with Gasteiger partial charge in [0.25, 0.3) is 0 Å². The van der Waals surface area contributed by atoms with Gasteiger partial charge in [0.05, 0.1) is 11.0 Å². The van der Waals surface area contributed by atoms with E-state index in [2.05, 4.69) is 34.7 Å². The van der Waals surface area contributed by atoms with Crippen LogP contribution in [0.4, 0.5) is 5.95 Å². The zero-order valence-electron chi connectivity index (χ0n) is 11.5. The topological polar surface area (TPSA) is 47.1 Å². The van der Waals surface area contributed by atoms with E-state index in [1.807, 2.05) is 6.07 Å². The third-order valence-electron chi connectivity index (χ3n) is 4.15. The van der Waals surface area contributed by atoms with E-state index in [9.17, 15) is 0 Å². The van der Waals surface area contributed by atoms with E-state index in [0.717, 1.165) is 31.0 Å². The molecule has 1 aliphatic rings. The molecular weight excluding hydrogens is 236 g/mol. The fourth-order valence-electron chi connectivity index (χ4n) is 3.15. The summed E-state index contributed by atoms with van der Waals surface area (Å²) >= 11 is 0. The second-order valence-corrected chi connectivity index (χ2v) is 5.38. The lowest BCUT2D eigenvalue weighted by Crippen LogP contribution is -2.42. The minimum absolute atomic E-state index is 0.550. The maximum atomic E-state index is 5.76. The molecule has 102 valence electrons. The Morgan fingerprint density at radius 2 is 2.16 bits per heavy atom. The molecule has 4 nitrogen and oxygen atoms in total. The number of nitrogens with zero attached hydrogens (tertiary/aromatic N) is 3. The van der Waals surface area contributed by atoms with Crippen molar-refractivity contribution in [1.29, 1.82) is 0 Å². The van der Waals surface area contributed by atoms with E-state index >= 15 is 0 Å². The van der Waals surface area contributed by atoms with Gasteiger partial charge in [-0.25, -0.2) is 4.98 Å². The monoisotopic (exact) mass is 258 g/mol. The van der Waals surface area contributed by atoms with Gasteiger partial charge in [-0.15, -0.1) is 0 Å². The van der Waals surface area contributed by atoms with Gasteiger partial charge in [0.1, 0.15) is 0 Å². The molecule has 0 aliphatic carbocycles. The molecule has 0 saturated carbocycles. The summed E-state index contributed by atoms with van der Waals surface area (Å²) in [6, 6.07) is 8.89. The van der Waals surface area contributed by atoms with Crippen molar-refractivity contribution in [3.63, 3.8) is 0 Å². The molecule has 1 saturated heterocycles. The van der Waals surface area contributed by atoms with Gasteiger partial charge in [0.2, 0.25) is 5.95 Å². The maximum absolute atomic E-state index is 5.76. The van der Waals surface area contributed by atoms with E-state index in [0.29, 0.717) is 6.04 Å². The van der Waals surface area contributed by atoms with Crippen LogP contribution in [-0.4, -0.2) is 28.7 Å². The lowest BCUT2D eigenvalue weighted by atomic mass is 10.00. The van der Waals surface area contributed by atoms with Gasteiger partial charge in [-0.05, 0) is 44.4 Å². The van der Waals surface area contributed by atoms with Gasteiger partial charge in [-0.1, -0.05) is 12.1 Å². The molecule has 2 heterocycles. The van der Waals surface area contributed by atoms with Crippen LogP contribution in [0.5, 0.6) is 0 Å². The fraction of sp³-hybridized carbons (Fsp3) is 0.533. The second-order valence-electron chi connectivity index (χ2n) is 5.38. The van der Waals surface area contributed by atoms with Gasteiger partial charge in [-0.2, -0.15) is 0 Å². The van der Waals surface area contributed by atoms with E-state index in [-0.39, 0.29) is 0 Å². The third-order valence-corrected chi connectivity index (χ3v) is 4.15. The summed E-state index contributed by atoms with van der Waals surface area (Å²) in [5.41, 5.74) is 8.04. The number of hydrogen-bond donors (Lipinski definition) is 1. The van der Waals surface area contributed by atoms with Gasteiger partial charge < -0.3 is 15.2 Å². The van der Waals surface area contributed by atoms with Crippen LogP contribution in [0.15, 0.2) is 24.3 Å². The number of hydrogen-bond acceptors (Lipinski definition) is 3. The van der Waals surface area contributed by atoms with Crippen molar-refractivity contribution in [3.05, 3.63) is 24.3 Å². The first-order chi connectivity index (χ1) is 9.31. The van der Waals surface area contributed by atoms with Crippen molar-refractivity contribution in [3.8, 4) is 0 Å². The molecule has 1 aromatic heterocycles. The van der Waals surface area contributed by atoms with Crippen molar-refractivity contribution in [1.82, 2.24) is 9.55 Å². The molecule has 2 aromatic rings. The smallest absolute Gasteiger partial charge is 0.206 e. The predicted octanol–water partition coefficient (Wildman–Crippen LogP) is 2.28. The summed E-state index contributed by atoms with van der Waals surface area (Å²) in [5, 5.41) is 0. The van der Waals surface area contributed by atoms with Crippen LogP contribution in [0.25, 0.3) is 11.0 Å². The van der Waals surface area contributed by atoms with Crippen LogP contribution < -0.4 is 10.6 Å². The Labute approximate surface area is 114 Å². The third kappa shape index (κ3) is 2.21. The number of para-hydroxylation sites is 2. The zero-order chi connectivity index (χ0) is 13.2. The summed E-state index contributed by atoms with van der Waals surface area (Å²) in [6.07, 6.45) is 4.86. The highest BCUT2D eigenvalue weighted by Gasteiger charge is 2.25. The highest BCUT2D eigenvalue weighted by Crippen LogP contribution is 2.28. The van der Waals surface area contributed by atoms with Gasteiger partial charge in [-0.3, -0.25) is 0 Å². The second kappa shape index (κ2) is 5.21. The maximum Gasteiger partial charge on any atom is 0.206 e. The number of fused-ring (bicyclic) bond motifs is 1. The molecular formula is C15H22N4. The van der Waals surface area contributed by atoms with Crippen LogP contribution >= 0.6 is 0 Å². The predicted molar refractivity (Wildman–Crippen MR) is 79.4 cm³/mol. The molecule has 1 aliphatic heterocycles. The summed E-state index contributed by atoms with van der Waals surface area (Å²) in [4.78, 5) is 7.27. The molecule has 0 radical (unpaired) electrons. The Bertz CT molecular complexity index is 558. The number of rotatable bonds is 3. The van der Waals surface area contributed by atoms with Crippen LogP contribution in [-0.2, 0) is 7.05 Å². The van der Waals surface area contributed by atoms with Gasteiger partial charge in [0.15, 0.2) is 0 Å². The summed E-state index contributed by atoms with van der Waals surface area (Å²) in [7, 11) is 2.11. The van der Waals surface area contributed by atoms with Gasteiger partial charge in [0, 0.05) is 19.6 Å². The van der Waals surface area contributed by atoms with Crippen molar-refractivity contribution in [2.24, 2.45) is 12.8 Å². The fourth-order valence-corrected chi connectivity index (χ4v) is 3.15. The molecule has 0 spiro atoms. The lowest BCUT2D eigenvalue weighted by Gasteiger charge is -2.36. The number of aryl methyl sites for hydroxylation is 1. The molecule has 1 aromatic carbocycles. The van der Waals surface area contributed by atoms with Crippen LogP contribution in [0.3, 0.4) is 0 Å². The standard InChI is InChI=1S/C15H22N4/c1-18-14-8-3-2-7-13(14)17-15(18)19-11-5-4-6-12(19)9-10-16/h2-3,7-8,12H,4-6,9-11,16H2,1H3. The first-order valence-corrected chi connectivity index (χ1v) is 7.19. The Balaban J connectivity index is 1.99. The molecule has 0 amide bonds.